The van der Waals surface area contributed by atoms with Crippen LogP contribution in [-0.4, -0.2) is 16.3 Å². The second-order valence-corrected chi connectivity index (χ2v) is 3.49. The Morgan fingerprint density at radius 1 is 0.750 bits per heavy atom. The van der Waals surface area contributed by atoms with Gasteiger partial charge in [0.15, 0.2) is 0 Å². The molecule has 0 aromatic carbocycles. The van der Waals surface area contributed by atoms with Gasteiger partial charge in [-0.25, -0.2) is 0 Å². The van der Waals surface area contributed by atoms with Gasteiger partial charge in [-0.15, -0.1) is 30.1 Å². The first-order valence-corrected chi connectivity index (χ1v) is 5.43. The van der Waals surface area contributed by atoms with Crippen molar-refractivity contribution in [3.8, 4) is 0 Å². The Balaban J connectivity index is -0.000000405. The maximum atomic E-state index is 2.79. The van der Waals surface area contributed by atoms with E-state index in [1.165, 1.54) is 50.2 Å². The van der Waals surface area contributed by atoms with Gasteiger partial charge in [-0.05, 0) is 0 Å². The molecule has 0 aliphatic heterocycles. The number of unbranched alkanes of at least 4 members (excludes halogenated alkanes) is 6. The summed E-state index contributed by atoms with van der Waals surface area (Å²) in [6.45, 7) is 2.27. The quantitative estimate of drug-likeness (QED) is 0.452. The summed E-state index contributed by atoms with van der Waals surface area (Å²) in [6, 6.07) is 0. The van der Waals surface area contributed by atoms with E-state index in [-0.39, 0.29) is 24.8 Å². The van der Waals surface area contributed by atoms with Crippen molar-refractivity contribution < 1.29 is 0 Å². The van der Waals surface area contributed by atoms with Crippen LogP contribution in [0.5, 0.6) is 0 Å². The molecule has 0 saturated carbocycles. The van der Waals surface area contributed by atoms with E-state index >= 15 is 0 Å². The summed E-state index contributed by atoms with van der Waals surface area (Å²) in [4.78, 5) is 0. The maximum Gasteiger partial charge on any atom is 0.118 e. The van der Waals surface area contributed by atoms with Gasteiger partial charge in [0.1, 0.15) is 16.3 Å². The number of halogens is 2. The molecule has 0 amide bonds. The standard InChI is InChI=1S/C9H19.Al.2ClH/c1-3-5-7-9-8-6-4-2;;;/h1,3-9H2,2H3;;2*1H. The van der Waals surface area contributed by atoms with Crippen molar-refractivity contribution in [2.45, 2.75) is 57.2 Å². The van der Waals surface area contributed by atoms with E-state index < -0.39 is 0 Å². The molecule has 0 unspecified atom stereocenters. The summed E-state index contributed by atoms with van der Waals surface area (Å²) >= 11 is 2.79. The highest BCUT2D eigenvalue weighted by Crippen LogP contribution is 2.07. The molecule has 3 heteroatoms. The average molecular weight is 227 g/mol. The van der Waals surface area contributed by atoms with Gasteiger partial charge >= 0.3 is 0 Å². The minimum absolute atomic E-state index is 0. The molecule has 0 atom stereocenters. The van der Waals surface area contributed by atoms with E-state index in [1.807, 2.05) is 0 Å². The van der Waals surface area contributed by atoms with E-state index in [2.05, 4.69) is 23.2 Å². The SMILES string of the molecule is CCCCCCCC[CH2][Al].Cl.Cl. The molecular weight excluding hydrogens is 206 g/mol. The van der Waals surface area contributed by atoms with Gasteiger partial charge in [-0.2, -0.15) is 0 Å². The van der Waals surface area contributed by atoms with Crippen molar-refractivity contribution in [1.82, 2.24) is 0 Å². The van der Waals surface area contributed by atoms with Crippen molar-refractivity contribution in [2.24, 2.45) is 0 Å². The lowest BCUT2D eigenvalue weighted by atomic mass is 10.1. The molecular formula is C9H21AlCl2. The minimum atomic E-state index is 0. The van der Waals surface area contributed by atoms with Crippen molar-refractivity contribution in [3.05, 3.63) is 0 Å². The summed E-state index contributed by atoms with van der Waals surface area (Å²) in [5.74, 6) is 0. The minimum Gasteiger partial charge on any atom is -0.147 e. The van der Waals surface area contributed by atoms with Crippen LogP contribution in [0.2, 0.25) is 5.28 Å². The van der Waals surface area contributed by atoms with Gasteiger partial charge in [-0.3, -0.25) is 0 Å². The molecule has 0 rings (SSSR count). The molecule has 0 fully saturated rings. The summed E-state index contributed by atoms with van der Waals surface area (Å²) in [5, 5.41) is 1.29. The van der Waals surface area contributed by atoms with Gasteiger partial charge in [0.05, 0.1) is 0 Å². The summed E-state index contributed by atoms with van der Waals surface area (Å²) in [5.41, 5.74) is 0. The lowest BCUT2D eigenvalue weighted by molar-refractivity contribution is 0.602. The Labute approximate surface area is 98.1 Å². The fourth-order valence-corrected chi connectivity index (χ4v) is 1.39. The smallest absolute Gasteiger partial charge is 0.118 e. The van der Waals surface area contributed by atoms with Gasteiger partial charge in [0.25, 0.3) is 0 Å². The van der Waals surface area contributed by atoms with Gasteiger partial charge in [-0.1, -0.05) is 51.9 Å². The number of rotatable bonds is 7. The van der Waals surface area contributed by atoms with Crippen LogP contribution in [-0.2, 0) is 0 Å². The largest absolute Gasteiger partial charge is 0.147 e. The molecule has 74 valence electrons. The molecule has 12 heavy (non-hydrogen) atoms. The summed E-state index contributed by atoms with van der Waals surface area (Å²) in [6.07, 6.45) is 9.99. The van der Waals surface area contributed by atoms with E-state index in [9.17, 15) is 0 Å². The van der Waals surface area contributed by atoms with E-state index in [0.29, 0.717) is 0 Å². The first-order valence-electron chi connectivity index (χ1n) is 4.62. The topological polar surface area (TPSA) is 0 Å². The van der Waals surface area contributed by atoms with E-state index in [4.69, 9.17) is 0 Å². The third-order valence-electron chi connectivity index (χ3n) is 1.81. The molecule has 0 aliphatic rings. The first-order chi connectivity index (χ1) is 4.91. The zero-order valence-corrected chi connectivity index (χ0v) is 10.8. The van der Waals surface area contributed by atoms with E-state index in [1.54, 1.807) is 0 Å². The lowest BCUT2D eigenvalue weighted by Gasteiger charge is -1.97. The van der Waals surface area contributed by atoms with Crippen LogP contribution in [0.1, 0.15) is 51.9 Å². The molecule has 0 N–H and O–H groups in total. The molecule has 2 radical (unpaired) electrons. The molecule has 0 spiro atoms. The average Bonchev–Trinajstić information content (AvgIpc) is 1.97. The Kier molecular flexibility index (Phi) is 28.2. The predicted octanol–water partition coefficient (Wildman–Crippen LogP) is 4.17. The Morgan fingerprint density at radius 3 is 1.58 bits per heavy atom. The Bertz CT molecular complexity index is 52.5. The normalized spacial score (nSPS) is 8.42. The van der Waals surface area contributed by atoms with Crippen LogP contribution in [0, 0.1) is 0 Å². The van der Waals surface area contributed by atoms with Crippen LogP contribution in [0.25, 0.3) is 0 Å². The Hall–Kier alpha value is 1.11. The summed E-state index contributed by atoms with van der Waals surface area (Å²) in [7, 11) is 0. The Morgan fingerprint density at radius 2 is 1.17 bits per heavy atom. The third kappa shape index (κ3) is 17.3. The highest BCUT2D eigenvalue weighted by atomic mass is 35.5. The van der Waals surface area contributed by atoms with Crippen molar-refractivity contribution in [2.75, 3.05) is 0 Å². The predicted molar refractivity (Wildman–Crippen MR) is 63.1 cm³/mol. The zero-order valence-electron chi connectivity index (χ0n) is 8.05. The zero-order chi connectivity index (χ0) is 7.66. The van der Waals surface area contributed by atoms with E-state index in [0.717, 1.165) is 0 Å². The molecule has 0 heterocycles. The van der Waals surface area contributed by atoms with Crippen LogP contribution in [0.4, 0.5) is 0 Å². The monoisotopic (exact) mass is 226 g/mol. The molecule has 0 bridgehead atoms. The second kappa shape index (κ2) is 18.0. The van der Waals surface area contributed by atoms with Crippen LogP contribution >= 0.6 is 24.8 Å². The molecule has 0 nitrogen and oxygen atoms in total. The fraction of sp³-hybridized carbons (Fsp3) is 1.00. The number of hydrogen-bond acceptors (Lipinski definition) is 0. The van der Waals surface area contributed by atoms with Crippen molar-refractivity contribution in [3.63, 3.8) is 0 Å². The molecule has 0 saturated heterocycles. The highest BCUT2D eigenvalue weighted by molar-refractivity contribution is 6.08. The van der Waals surface area contributed by atoms with Gasteiger partial charge < -0.3 is 0 Å². The van der Waals surface area contributed by atoms with Gasteiger partial charge in [0, 0.05) is 0 Å². The lowest BCUT2D eigenvalue weighted by Crippen LogP contribution is -1.78. The van der Waals surface area contributed by atoms with Crippen LogP contribution in [0.3, 0.4) is 0 Å². The van der Waals surface area contributed by atoms with Crippen LogP contribution < -0.4 is 0 Å². The van der Waals surface area contributed by atoms with Gasteiger partial charge in [0.2, 0.25) is 0 Å². The number of hydrogen-bond donors (Lipinski definition) is 0. The third-order valence-corrected chi connectivity index (χ3v) is 2.22. The first kappa shape index (κ1) is 18.8. The second-order valence-electron chi connectivity index (χ2n) is 2.91. The maximum absolute atomic E-state index is 2.79. The van der Waals surface area contributed by atoms with Crippen molar-refractivity contribution in [1.29, 1.82) is 0 Å². The summed E-state index contributed by atoms with van der Waals surface area (Å²) < 4.78 is 0. The molecule has 0 aromatic rings. The fourth-order valence-electron chi connectivity index (χ4n) is 1.10. The highest BCUT2D eigenvalue weighted by Gasteiger charge is 1.87. The molecule has 0 aliphatic carbocycles. The van der Waals surface area contributed by atoms with Crippen LogP contribution in [0.15, 0.2) is 0 Å². The van der Waals surface area contributed by atoms with Crippen molar-refractivity contribution >= 4 is 41.1 Å². The molecule has 0 aromatic heterocycles.